The third-order valence-corrected chi connectivity index (χ3v) is 3.37. The van der Waals surface area contributed by atoms with Crippen LogP contribution in [0.1, 0.15) is 35.9 Å². The molecule has 19 heavy (non-hydrogen) atoms. The lowest BCUT2D eigenvalue weighted by molar-refractivity contribution is 0.670. The summed E-state index contributed by atoms with van der Waals surface area (Å²) in [6.07, 6.45) is 5.93. The zero-order valence-electron chi connectivity index (χ0n) is 12.1. The molecule has 0 aliphatic carbocycles. The van der Waals surface area contributed by atoms with E-state index in [1.54, 1.807) is 0 Å². The van der Waals surface area contributed by atoms with Gasteiger partial charge in [-0.1, -0.05) is 30.7 Å². The van der Waals surface area contributed by atoms with Gasteiger partial charge in [0, 0.05) is 32.4 Å². The molecule has 2 aromatic rings. The van der Waals surface area contributed by atoms with Gasteiger partial charge >= 0.3 is 0 Å². The van der Waals surface area contributed by atoms with E-state index in [2.05, 4.69) is 46.9 Å². The number of hydrogen-bond acceptors (Lipinski definition) is 2. The predicted molar refractivity (Wildman–Crippen MR) is 79.2 cm³/mol. The molecule has 2 rings (SSSR count). The highest BCUT2D eigenvalue weighted by Gasteiger charge is 2.07. The van der Waals surface area contributed by atoms with Crippen LogP contribution in [0.2, 0.25) is 0 Å². The molecule has 102 valence electrons. The van der Waals surface area contributed by atoms with Crippen LogP contribution in [0.5, 0.6) is 0 Å². The highest BCUT2D eigenvalue weighted by Crippen LogP contribution is 2.15. The second-order valence-electron chi connectivity index (χ2n) is 5.08. The standard InChI is InChI=1S/C16H23N3/c1-4-7-17-12-14-6-5-13(2)10-15(14)11-16-18-8-9-19(16)3/h5-6,8-10,17H,4,7,11-12H2,1-3H3. The van der Waals surface area contributed by atoms with E-state index in [-0.39, 0.29) is 0 Å². The van der Waals surface area contributed by atoms with Crippen molar-refractivity contribution in [2.75, 3.05) is 6.54 Å². The number of nitrogens with zero attached hydrogens (tertiary/aromatic N) is 2. The summed E-state index contributed by atoms with van der Waals surface area (Å²) in [6.45, 7) is 6.34. The average Bonchev–Trinajstić information content (AvgIpc) is 2.78. The van der Waals surface area contributed by atoms with Gasteiger partial charge in [0.1, 0.15) is 5.82 Å². The summed E-state index contributed by atoms with van der Waals surface area (Å²) in [5.74, 6) is 1.11. The van der Waals surface area contributed by atoms with Gasteiger partial charge in [0.25, 0.3) is 0 Å². The second kappa shape index (κ2) is 6.53. The zero-order valence-corrected chi connectivity index (χ0v) is 12.1. The third kappa shape index (κ3) is 3.67. The molecule has 3 heteroatoms. The Morgan fingerprint density at radius 3 is 2.79 bits per heavy atom. The van der Waals surface area contributed by atoms with E-state index in [1.807, 2.05) is 19.4 Å². The number of aromatic nitrogens is 2. The van der Waals surface area contributed by atoms with Crippen LogP contribution in [-0.2, 0) is 20.0 Å². The molecule has 0 spiro atoms. The number of benzene rings is 1. The molecule has 3 nitrogen and oxygen atoms in total. The Kier molecular flexibility index (Phi) is 4.74. The molecule has 0 aliphatic rings. The van der Waals surface area contributed by atoms with Crippen LogP contribution in [0.25, 0.3) is 0 Å². The lowest BCUT2D eigenvalue weighted by atomic mass is 10.0. The van der Waals surface area contributed by atoms with Crippen molar-refractivity contribution in [2.24, 2.45) is 7.05 Å². The molecule has 0 amide bonds. The molecule has 1 heterocycles. The highest BCUT2D eigenvalue weighted by atomic mass is 15.0. The summed E-state index contributed by atoms with van der Waals surface area (Å²) in [6, 6.07) is 6.69. The Morgan fingerprint density at radius 2 is 2.11 bits per heavy atom. The van der Waals surface area contributed by atoms with Crippen LogP contribution in [0.15, 0.2) is 30.6 Å². The second-order valence-corrected chi connectivity index (χ2v) is 5.08. The molecule has 0 unspecified atom stereocenters. The minimum atomic E-state index is 0.897. The summed E-state index contributed by atoms with van der Waals surface area (Å²) in [7, 11) is 2.05. The fraction of sp³-hybridized carbons (Fsp3) is 0.438. The first-order valence-electron chi connectivity index (χ1n) is 6.96. The van der Waals surface area contributed by atoms with Crippen molar-refractivity contribution in [1.82, 2.24) is 14.9 Å². The lowest BCUT2D eigenvalue weighted by Crippen LogP contribution is -2.15. The largest absolute Gasteiger partial charge is 0.338 e. The van der Waals surface area contributed by atoms with E-state index < -0.39 is 0 Å². The predicted octanol–water partition coefficient (Wildman–Crippen LogP) is 2.82. The van der Waals surface area contributed by atoms with Crippen LogP contribution in [0.3, 0.4) is 0 Å². The summed E-state index contributed by atoms with van der Waals surface area (Å²) in [4.78, 5) is 4.42. The normalized spacial score (nSPS) is 10.9. The van der Waals surface area contributed by atoms with E-state index in [0.29, 0.717) is 0 Å². The van der Waals surface area contributed by atoms with Gasteiger partial charge in [-0.15, -0.1) is 0 Å². The van der Waals surface area contributed by atoms with Gasteiger partial charge in [0.15, 0.2) is 0 Å². The molecule has 0 bridgehead atoms. The quantitative estimate of drug-likeness (QED) is 0.806. The van der Waals surface area contributed by atoms with Crippen molar-refractivity contribution in [2.45, 2.75) is 33.2 Å². The molecular weight excluding hydrogens is 234 g/mol. The molecule has 0 fully saturated rings. The summed E-state index contributed by atoms with van der Waals surface area (Å²) >= 11 is 0. The van der Waals surface area contributed by atoms with Crippen LogP contribution in [0, 0.1) is 6.92 Å². The monoisotopic (exact) mass is 257 g/mol. The maximum Gasteiger partial charge on any atom is 0.112 e. The van der Waals surface area contributed by atoms with E-state index in [0.717, 1.165) is 25.3 Å². The maximum absolute atomic E-state index is 4.42. The molecule has 0 saturated heterocycles. The fourth-order valence-electron chi connectivity index (χ4n) is 2.23. The van der Waals surface area contributed by atoms with Crippen molar-refractivity contribution in [3.63, 3.8) is 0 Å². The van der Waals surface area contributed by atoms with Crippen LogP contribution < -0.4 is 5.32 Å². The number of imidazole rings is 1. The van der Waals surface area contributed by atoms with Gasteiger partial charge in [0.2, 0.25) is 0 Å². The number of aryl methyl sites for hydroxylation is 2. The topological polar surface area (TPSA) is 29.9 Å². The van der Waals surface area contributed by atoms with E-state index in [1.165, 1.54) is 23.1 Å². The summed E-state index contributed by atoms with van der Waals surface area (Å²) in [5, 5.41) is 3.48. The van der Waals surface area contributed by atoms with Gasteiger partial charge in [-0.2, -0.15) is 0 Å². The van der Waals surface area contributed by atoms with Crippen molar-refractivity contribution < 1.29 is 0 Å². The molecular formula is C16H23N3. The molecule has 0 aliphatic heterocycles. The zero-order chi connectivity index (χ0) is 13.7. The first kappa shape index (κ1) is 13.8. The third-order valence-electron chi connectivity index (χ3n) is 3.37. The minimum absolute atomic E-state index is 0.897. The molecule has 1 N–H and O–H groups in total. The minimum Gasteiger partial charge on any atom is -0.338 e. The van der Waals surface area contributed by atoms with Gasteiger partial charge in [-0.25, -0.2) is 4.98 Å². The average molecular weight is 257 g/mol. The number of nitrogens with one attached hydrogen (secondary N) is 1. The van der Waals surface area contributed by atoms with Crippen molar-refractivity contribution in [3.05, 3.63) is 53.1 Å². The Hall–Kier alpha value is -1.61. The number of rotatable bonds is 6. The van der Waals surface area contributed by atoms with Gasteiger partial charge in [-0.3, -0.25) is 0 Å². The highest BCUT2D eigenvalue weighted by molar-refractivity contribution is 5.33. The maximum atomic E-state index is 4.42. The van der Waals surface area contributed by atoms with Gasteiger partial charge in [0.05, 0.1) is 0 Å². The summed E-state index contributed by atoms with van der Waals surface area (Å²) < 4.78 is 2.09. The van der Waals surface area contributed by atoms with Crippen molar-refractivity contribution in [3.8, 4) is 0 Å². The van der Waals surface area contributed by atoms with Crippen molar-refractivity contribution in [1.29, 1.82) is 0 Å². The summed E-state index contributed by atoms with van der Waals surface area (Å²) in [5.41, 5.74) is 4.06. The van der Waals surface area contributed by atoms with Crippen LogP contribution in [-0.4, -0.2) is 16.1 Å². The van der Waals surface area contributed by atoms with E-state index in [4.69, 9.17) is 0 Å². The molecule has 0 saturated carbocycles. The van der Waals surface area contributed by atoms with Gasteiger partial charge < -0.3 is 9.88 Å². The Balaban J connectivity index is 2.17. The molecule has 0 radical (unpaired) electrons. The molecule has 0 atom stereocenters. The van der Waals surface area contributed by atoms with E-state index >= 15 is 0 Å². The van der Waals surface area contributed by atoms with Crippen LogP contribution in [0.4, 0.5) is 0 Å². The number of hydrogen-bond donors (Lipinski definition) is 1. The first-order chi connectivity index (χ1) is 9.20. The Morgan fingerprint density at radius 1 is 1.26 bits per heavy atom. The SMILES string of the molecule is CCCNCc1ccc(C)cc1Cc1nccn1C. The Labute approximate surface area is 115 Å². The van der Waals surface area contributed by atoms with Gasteiger partial charge in [-0.05, 0) is 31.0 Å². The fourth-order valence-corrected chi connectivity index (χ4v) is 2.23. The lowest BCUT2D eigenvalue weighted by Gasteiger charge is -2.11. The van der Waals surface area contributed by atoms with Crippen LogP contribution >= 0.6 is 0 Å². The molecule has 1 aromatic heterocycles. The first-order valence-corrected chi connectivity index (χ1v) is 6.96. The smallest absolute Gasteiger partial charge is 0.112 e. The van der Waals surface area contributed by atoms with Crippen molar-refractivity contribution >= 4 is 0 Å². The van der Waals surface area contributed by atoms with E-state index in [9.17, 15) is 0 Å². The molecule has 1 aromatic carbocycles. The Bertz CT molecular complexity index is 529.